The highest BCUT2D eigenvalue weighted by Crippen LogP contribution is 2.38. The highest BCUT2D eigenvalue weighted by Gasteiger charge is 2.44. The zero-order chi connectivity index (χ0) is 16.1. The number of fused-ring (bicyclic) bond motifs is 1. The average Bonchev–Trinajstić information content (AvgIpc) is 3.17. The molecule has 1 aromatic heterocycles. The number of nitrogens with zero attached hydrogens (tertiary/aromatic N) is 1. The molecule has 2 aliphatic heterocycles. The van der Waals surface area contributed by atoms with Crippen LogP contribution < -0.4 is 10.9 Å². The molecule has 1 unspecified atom stereocenters. The van der Waals surface area contributed by atoms with Crippen LogP contribution in [-0.2, 0) is 10.0 Å². The summed E-state index contributed by atoms with van der Waals surface area (Å²) in [6.45, 7) is 2.99. The van der Waals surface area contributed by atoms with Crippen LogP contribution in [0.15, 0.2) is 44.4 Å². The van der Waals surface area contributed by atoms with Crippen molar-refractivity contribution in [1.29, 1.82) is 0 Å². The fourth-order valence-corrected chi connectivity index (χ4v) is 5.19. The Balaban J connectivity index is 1.68. The summed E-state index contributed by atoms with van der Waals surface area (Å²) in [5, 5.41) is 3.95. The Morgan fingerprint density at radius 3 is 2.83 bits per heavy atom. The maximum atomic E-state index is 12.9. The molecular weight excluding hydrogens is 316 g/mol. The molecule has 0 radical (unpaired) electrons. The summed E-state index contributed by atoms with van der Waals surface area (Å²) in [6.07, 6.45) is 1.93. The average molecular weight is 334 g/mol. The van der Waals surface area contributed by atoms with Crippen LogP contribution in [0.2, 0.25) is 0 Å². The van der Waals surface area contributed by atoms with Gasteiger partial charge >= 0.3 is 5.63 Å². The molecule has 1 spiro atoms. The second-order valence-corrected chi connectivity index (χ2v) is 8.41. The fourth-order valence-electron chi connectivity index (χ4n) is 3.60. The van der Waals surface area contributed by atoms with Gasteiger partial charge < -0.3 is 9.73 Å². The predicted octanol–water partition coefficient (Wildman–Crippen LogP) is 1.17. The highest BCUT2D eigenvalue weighted by molar-refractivity contribution is 7.89. The minimum atomic E-state index is -3.52. The molecule has 1 aromatic carbocycles. The van der Waals surface area contributed by atoms with Gasteiger partial charge in [0.2, 0.25) is 10.0 Å². The van der Waals surface area contributed by atoms with E-state index in [1.54, 1.807) is 22.5 Å². The summed E-state index contributed by atoms with van der Waals surface area (Å²) < 4.78 is 32.4. The van der Waals surface area contributed by atoms with Crippen molar-refractivity contribution in [1.82, 2.24) is 9.62 Å². The Morgan fingerprint density at radius 2 is 2.04 bits per heavy atom. The van der Waals surface area contributed by atoms with E-state index >= 15 is 0 Å². The van der Waals surface area contributed by atoms with Crippen molar-refractivity contribution in [2.75, 3.05) is 26.2 Å². The molecule has 6 nitrogen and oxygen atoms in total. The smallest absolute Gasteiger partial charge is 0.336 e. The molecule has 7 heteroatoms. The van der Waals surface area contributed by atoms with Gasteiger partial charge in [-0.1, -0.05) is 0 Å². The molecule has 2 aliphatic rings. The monoisotopic (exact) mass is 334 g/mol. The molecule has 0 aliphatic carbocycles. The Bertz CT molecular complexity index is 913. The van der Waals surface area contributed by atoms with Crippen LogP contribution in [0, 0.1) is 5.41 Å². The molecule has 2 fully saturated rings. The molecule has 3 heterocycles. The third kappa shape index (κ3) is 2.49. The van der Waals surface area contributed by atoms with E-state index in [1.165, 1.54) is 12.1 Å². The predicted molar refractivity (Wildman–Crippen MR) is 85.8 cm³/mol. The van der Waals surface area contributed by atoms with Crippen LogP contribution >= 0.6 is 0 Å². The Labute approximate surface area is 134 Å². The summed E-state index contributed by atoms with van der Waals surface area (Å²) in [6, 6.07) is 7.52. The second kappa shape index (κ2) is 5.15. The SMILES string of the molecule is O=c1ccc2cc(S(=O)(=O)N3CCC4(CCNC4)C3)ccc2o1. The van der Waals surface area contributed by atoms with E-state index in [9.17, 15) is 13.2 Å². The van der Waals surface area contributed by atoms with E-state index < -0.39 is 15.6 Å². The van der Waals surface area contributed by atoms with Gasteiger partial charge in [-0.05, 0) is 49.1 Å². The van der Waals surface area contributed by atoms with Crippen LogP contribution in [0.3, 0.4) is 0 Å². The highest BCUT2D eigenvalue weighted by atomic mass is 32.2. The van der Waals surface area contributed by atoms with E-state index in [4.69, 9.17) is 4.42 Å². The number of hydrogen-bond acceptors (Lipinski definition) is 5. The third-order valence-electron chi connectivity index (χ3n) is 4.96. The quantitative estimate of drug-likeness (QED) is 0.834. The lowest BCUT2D eigenvalue weighted by atomic mass is 9.87. The van der Waals surface area contributed by atoms with Gasteiger partial charge in [0.1, 0.15) is 5.58 Å². The van der Waals surface area contributed by atoms with Gasteiger partial charge in [-0.2, -0.15) is 4.31 Å². The van der Waals surface area contributed by atoms with E-state index in [0.29, 0.717) is 24.1 Å². The third-order valence-corrected chi connectivity index (χ3v) is 6.81. The molecule has 0 amide bonds. The first-order valence-electron chi connectivity index (χ1n) is 7.73. The number of rotatable bonds is 2. The molecule has 2 aromatic rings. The molecule has 0 bridgehead atoms. The van der Waals surface area contributed by atoms with Gasteiger partial charge in [0, 0.05) is 31.1 Å². The zero-order valence-corrected chi connectivity index (χ0v) is 13.4. The minimum Gasteiger partial charge on any atom is -0.423 e. The van der Waals surface area contributed by atoms with Crippen LogP contribution in [0.4, 0.5) is 0 Å². The summed E-state index contributed by atoms with van der Waals surface area (Å²) in [4.78, 5) is 11.5. The number of sulfonamides is 1. The number of hydrogen-bond donors (Lipinski definition) is 1. The van der Waals surface area contributed by atoms with Crippen LogP contribution in [0.5, 0.6) is 0 Å². The second-order valence-electron chi connectivity index (χ2n) is 6.47. The lowest BCUT2D eigenvalue weighted by Gasteiger charge is -2.22. The van der Waals surface area contributed by atoms with Crippen molar-refractivity contribution in [3.63, 3.8) is 0 Å². The van der Waals surface area contributed by atoms with Gasteiger partial charge in [0.05, 0.1) is 4.90 Å². The molecular formula is C16H18N2O4S. The lowest BCUT2D eigenvalue weighted by molar-refractivity contribution is 0.338. The topological polar surface area (TPSA) is 79.6 Å². The summed E-state index contributed by atoms with van der Waals surface area (Å²) in [7, 11) is -3.52. The molecule has 4 rings (SSSR count). The van der Waals surface area contributed by atoms with Crippen LogP contribution in [0.25, 0.3) is 11.0 Å². The molecule has 2 saturated heterocycles. The van der Waals surface area contributed by atoms with Gasteiger partial charge in [-0.25, -0.2) is 13.2 Å². The van der Waals surface area contributed by atoms with Crippen molar-refractivity contribution >= 4 is 21.0 Å². The van der Waals surface area contributed by atoms with Crippen molar-refractivity contribution in [3.05, 3.63) is 40.8 Å². The largest absolute Gasteiger partial charge is 0.423 e. The van der Waals surface area contributed by atoms with Gasteiger partial charge in [0.25, 0.3) is 0 Å². The van der Waals surface area contributed by atoms with Crippen molar-refractivity contribution in [2.24, 2.45) is 5.41 Å². The van der Waals surface area contributed by atoms with Crippen molar-refractivity contribution in [2.45, 2.75) is 17.7 Å². The van der Waals surface area contributed by atoms with E-state index in [2.05, 4.69) is 5.32 Å². The van der Waals surface area contributed by atoms with E-state index in [0.717, 1.165) is 25.9 Å². The van der Waals surface area contributed by atoms with Crippen molar-refractivity contribution in [3.8, 4) is 0 Å². The maximum absolute atomic E-state index is 12.9. The fraction of sp³-hybridized carbons (Fsp3) is 0.438. The number of nitrogens with one attached hydrogen (secondary N) is 1. The molecule has 1 N–H and O–H groups in total. The first-order valence-corrected chi connectivity index (χ1v) is 9.17. The minimum absolute atomic E-state index is 0.0940. The lowest BCUT2D eigenvalue weighted by Crippen LogP contribution is -2.33. The summed E-state index contributed by atoms with van der Waals surface area (Å²) in [5.74, 6) is 0. The molecule has 1 atom stereocenters. The molecule has 122 valence electrons. The normalized spacial score (nSPS) is 25.6. The molecule has 0 saturated carbocycles. The van der Waals surface area contributed by atoms with E-state index in [1.807, 2.05) is 0 Å². The van der Waals surface area contributed by atoms with Crippen LogP contribution in [-0.4, -0.2) is 38.9 Å². The standard InChI is InChI=1S/C16H18N2O4S/c19-15-4-1-12-9-13(2-3-14(12)22-15)23(20,21)18-8-6-16(11-18)5-7-17-10-16/h1-4,9,17H,5-8,10-11H2. The number of benzene rings is 1. The first-order chi connectivity index (χ1) is 11.0. The van der Waals surface area contributed by atoms with Crippen molar-refractivity contribution < 1.29 is 12.8 Å². The Hall–Kier alpha value is -1.70. The Kier molecular flexibility index (Phi) is 3.33. The summed E-state index contributed by atoms with van der Waals surface area (Å²) in [5.41, 5.74) is 0.0501. The summed E-state index contributed by atoms with van der Waals surface area (Å²) >= 11 is 0. The van der Waals surface area contributed by atoms with Gasteiger partial charge in [-0.3, -0.25) is 0 Å². The Morgan fingerprint density at radius 1 is 1.17 bits per heavy atom. The zero-order valence-electron chi connectivity index (χ0n) is 12.6. The molecule has 23 heavy (non-hydrogen) atoms. The van der Waals surface area contributed by atoms with Crippen LogP contribution in [0.1, 0.15) is 12.8 Å². The first kappa shape index (κ1) is 14.9. The maximum Gasteiger partial charge on any atom is 0.336 e. The van der Waals surface area contributed by atoms with Gasteiger partial charge in [-0.15, -0.1) is 0 Å². The van der Waals surface area contributed by atoms with Gasteiger partial charge in [0.15, 0.2) is 0 Å². The van der Waals surface area contributed by atoms with E-state index in [-0.39, 0.29) is 10.3 Å².